The molecule has 0 saturated heterocycles. The molecule has 5 nitrogen and oxygen atoms in total. The van der Waals surface area contributed by atoms with Crippen LogP contribution in [0.5, 0.6) is 0 Å². The lowest BCUT2D eigenvalue weighted by Crippen LogP contribution is -1.95. The first-order valence-electron chi connectivity index (χ1n) is 8.83. The molecule has 0 aliphatic heterocycles. The summed E-state index contributed by atoms with van der Waals surface area (Å²) < 4.78 is 5.44. The van der Waals surface area contributed by atoms with Crippen LogP contribution in [0, 0.1) is 0 Å². The molecule has 0 bridgehead atoms. The summed E-state index contributed by atoms with van der Waals surface area (Å²) in [6.45, 7) is 1.60. The minimum Gasteiger partial charge on any atom is -0.372 e. The monoisotopic (exact) mass is 391 g/mol. The first-order chi connectivity index (χ1) is 13.6. The SMILES string of the molecule is CC(O)N=Cc1ccc2c(Nc3cccc(-c4ccccc4)c3Cl)noc2c1. The molecule has 140 valence electrons. The van der Waals surface area contributed by atoms with Crippen molar-refractivity contribution in [2.24, 2.45) is 4.99 Å². The van der Waals surface area contributed by atoms with Crippen molar-refractivity contribution in [1.29, 1.82) is 0 Å². The van der Waals surface area contributed by atoms with Crippen molar-refractivity contribution in [2.75, 3.05) is 5.32 Å². The second kappa shape index (κ2) is 7.84. The maximum Gasteiger partial charge on any atom is 0.181 e. The molecule has 0 aliphatic carbocycles. The molecule has 4 rings (SSSR count). The van der Waals surface area contributed by atoms with E-state index in [0.29, 0.717) is 16.4 Å². The van der Waals surface area contributed by atoms with E-state index in [1.54, 1.807) is 13.1 Å². The van der Waals surface area contributed by atoms with E-state index < -0.39 is 6.23 Å². The molecule has 0 radical (unpaired) electrons. The molecule has 0 fully saturated rings. The normalized spacial score (nSPS) is 12.5. The third-order valence-corrected chi connectivity index (χ3v) is 4.68. The maximum atomic E-state index is 9.27. The molecule has 28 heavy (non-hydrogen) atoms. The number of aliphatic imine (C=N–C) groups is 1. The van der Waals surface area contributed by atoms with E-state index in [9.17, 15) is 5.11 Å². The van der Waals surface area contributed by atoms with Crippen molar-refractivity contribution in [2.45, 2.75) is 13.2 Å². The van der Waals surface area contributed by atoms with Gasteiger partial charge in [-0.1, -0.05) is 65.3 Å². The van der Waals surface area contributed by atoms with Crippen molar-refractivity contribution in [3.05, 3.63) is 77.3 Å². The van der Waals surface area contributed by atoms with Gasteiger partial charge in [0.25, 0.3) is 0 Å². The van der Waals surface area contributed by atoms with Crippen LogP contribution in [0.4, 0.5) is 11.5 Å². The Labute approximate surface area is 167 Å². The summed E-state index contributed by atoms with van der Waals surface area (Å²) in [4.78, 5) is 3.96. The van der Waals surface area contributed by atoms with Gasteiger partial charge in [0.15, 0.2) is 11.4 Å². The zero-order chi connectivity index (χ0) is 19.5. The topological polar surface area (TPSA) is 70.7 Å². The number of aliphatic hydroxyl groups excluding tert-OH is 1. The number of aliphatic hydroxyl groups is 1. The van der Waals surface area contributed by atoms with E-state index in [-0.39, 0.29) is 0 Å². The molecule has 4 aromatic rings. The number of nitrogens with one attached hydrogen (secondary N) is 1. The Morgan fingerprint density at radius 2 is 1.93 bits per heavy atom. The number of nitrogens with zero attached hydrogens (tertiary/aromatic N) is 2. The van der Waals surface area contributed by atoms with Crippen molar-refractivity contribution in [1.82, 2.24) is 5.16 Å². The average Bonchev–Trinajstić information content (AvgIpc) is 3.11. The van der Waals surface area contributed by atoms with Crippen LogP contribution in [0.1, 0.15) is 12.5 Å². The largest absolute Gasteiger partial charge is 0.372 e. The summed E-state index contributed by atoms with van der Waals surface area (Å²) in [5.74, 6) is 0.584. The summed E-state index contributed by atoms with van der Waals surface area (Å²) in [6.07, 6.45) is 0.849. The highest BCUT2D eigenvalue weighted by atomic mass is 35.5. The van der Waals surface area contributed by atoms with Gasteiger partial charge in [-0.05, 0) is 36.2 Å². The van der Waals surface area contributed by atoms with Gasteiger partial charge in [0, 0.05) is 11.8 Å². The van der Waals surface area contributed by atoms with E-state index in [4.69, 9.17) is 16.1 Å². The quantitative estimate of drug-likeness (QED) is 0.431. The van der Waals surface area contributed by atoms with Gasteiger partial charge in [0.1, 0.15) is 6.23 Å². The number of halogens is 1. The predicted molar refractivity (Wildman–Crippen MR) is 113 cm³/mol. The molecule has 0 saturated carbocycles. The van der Waals surface area contributed by atoms with Crippen LogP contribution in [0.15, 0.2) is 76.2 Å². The zero-order valence-corrected chi connectivity index (χ0v) is 15.9. The van der Waals surface area contributed by atoms with Crippen LogP contribution >= 0.6 is 11.6 Å². The Morgan fingerprint density at radius 3 is 2.71 bits per heavy atom. The van der Waals surface area contributed by atoms with Crippen LogP contribution in [0.2, 0.25) is 5.02 Å². The molecular weight excluding hydrogens is 374 g/mol. The van der Waals surface area contributed by atoms with E-state index in [0.717, 1.165) is 27.8 Å². The molecular formula is C22H18ClN3O2. The van der Waals surface area contributed by atoms with Gasteiger partial charge < -0.3 is 14.9 Å². The lowest BCUT2D eigenvalue weighted by atomic mass is 10.0. The predicted octanol–water partition coefficient (Wildman–Crippen LogP) is 5.65. The van der Waals surface area contributed by atoms with Gasteiger partial charge in [-0.25, -0.2) is 0 Å². The number of anilines is 2. The number of fused-ring (bicyclic) bond motifs is 1. The van der Waals surface area contributed by atoms with E-state index in [2.05, 4.69) is 15.5 Å². The second-order valence-corrected chi connectivity index (χ2v) is 6.73. The van der Waals surface area contributed by atoms with Gasteiger partial charge >= 0.3 is 0 Å². The Hall–Kier alpha value is -3.15. The van der Waals surface area contributed by atoms with Gasteiger partial charge in [-0.2, -0.15) is 0 Å². The van der Waals surface area contributed by atoms with Crippen molar-refractivity contribution >= 4 is 40.3 Å². The van der Waals surface area contributed by atoms with Crippen molar-refractivity contribution in [3.8, 4) is 11.1 Å². The second-order valence-electron chi connectivity index (χ2n) is 6.35. The maximum absolute atomic E-state index is 9.27. The highest BCUT2D eigenvalue weighted by molar-refractivity contribution is 6.36. The van der Waals surface area contributed by atoms with Gasteiger partial charge in [0.05, 0.1) is 16.1 Å². The lowest BCUT2D eigenvalue weighted by molar-refractivity contribution is 0.206. The molecule has 1 heterocycles. The smallest absolute Gasteiger partial charge is 0.181 e. The summed E-state index contributed by atoms with van der Waals surface area (Å²) >= 11 is 6.65. The molecule has 2 N–H and O–H groups in total. The van der Waals surface area contributed by atoms with E-state index in [1.807, 2.05) is 66.7 Å². The van der Waals surface area contributed by atoms with Crippen LogP contribution < -0.4 is 5.32 Å². The Balaban J connectivity index is 1.66. The van der Waals surface area contributed by atoms with Crippen LogP contribution in [0.3, 0.4) is 0 Å². The van der Waals surface area contributed by atoms with Gasteiger partial charge in [-0.15, -0.1) is 0 Å². The van der Waals surface area contributed by atoms with Crippen LogP contribution in [-0.4, -0.2) is 22.7 Å². The summed E-state index contributed by atoms with van der Waals surface area (Å²) in [5, 5.41) is 18.1. The van der Waals surface area contributed by atoms with Crippen molar-refractivity contribution in [3.63, 3.8) is 0 Å². The Morgan fingerprint density at radius 1 is 1.11 bits per heavy atom. The molecule has 1 atom stereocenters. The Kier molecular flexibility index (Phi) is 5.10. The number of hydrogen-bond acceptors (Lipinski definition) is 5. The molecule has 6 heteroatoms. The fourth-order valence-electron chi connectivity index (χ4n) is 2.92. The zero-order valence-electron chi connectivity index (χ0n) is 15.1. The fraction of sp³-hybridized carbons (Fsp3) is 0.0909. The lowest BCUT2D eigenvalue weighted by Gasteiger charge is -2.10. The molecule has 0 amide bonds. The molecule has 3 aromatic carbocycles. The number of benzene rings is 3. The highest BCUT2D eigenvalue weighted by Crippen LogP contribution is 2.36. The van der Waals surface area contributed by atoms with Crippen LogP contribution in [0.25, 0.3) is 22.1 Å². The number of hydrogen-bond donors (Lipinski definition) is 2. The minimum absolute atomic E-state index is 0.584. The average molecular weight is 392 g/mol. The fourth-order valence-corrected chi connectivity index (χ4v) is 3.20. The Bertz CT molecular complexity index is 1140. The summed E-state index contributed by atoms with van der Waals surface area (Å²) in [7, 11) is 0. The standard InChI is InChI=1S/C22H18ClN3O2/c1-14(27)24-13-15-10-11-18-20(12-15)28-26-22(18)25-19-9-5-8-17(21(19)23)16-6-3-2-4-7-16/h2-14,27H,1H3,(H,25,26). The van der Waals surface area contributed by atoms with Crippen molar-refractivity contribution < 1.29 is 9.63 Å². The summed E-state index contributed by atoms with van der Waals surface area (Å²) in [6, 6.07) is 21.4. The molecule has 0 spiro atoms. The molecule has 1 unspecified atom stereocenters. The van der Waals surface area contributed by atoms with E-state index >= 15 is 0 Å². The van der Waals surface area contributed by atoms with E-state index in [1.165, 1.54) is 0 Å². The molecule has 1 aromatic heterocycles. The first kappa shape index (κ1) is 18.2. The first-order valence-corrected chi connectivity index (χ1v) is 9.21. The number of rotatable bonds is 5. The summed E-state index contributed by atoms with van der Waals surface area (Å²) in [5.41, 5.74) is 4.17. The highest BCUT2D eigenvalue weighted by Gasteiger charge is 2.13. The van der Waals surface area contributed by atoms with Crippen LogP contribution in [-0.2, 0) is 0 Å². The minimum atomic E-state index is -0.748. The van der Waals surface area contributed by atoms with Gasteiger partial charge in [-0.3, -0.25) is 4.99 Å². The number of aromatic nitrogens is 1. The van der Waals surface area contributed by atoms with Gasteiger partial charge in [0.2, 0.25) is 0 Å². The third kappa shape index (κ3) is 3.76. The third-order valence-electron chi connectivity index (χ3n) is 4.27. The molecule has 0 aliphatic rings.